The highest BCUT2D eigenvalue weighted by Crippen LogP contribution is 2.29. The molecule has 114 valence electrons. The number of carbonyl (C=O) groups is 1. The Morgan fingerprint density at radius 3 is 2.90 bits per heavy atom. The van der Waals surface area contributed by atoms with Crippen molar-refractivity contribution in [3.63, 3.8) is 0 Å². The van der Waals surface area contributed by atoms with Crippen molar-refractivity contribution in [3.8, 4) is 0 Å². The van der Waals surface area contributed by atoms with Crippen molar-refractivity contribution in [2.75, 3.05) is 6.54 Å². The summed E-state index contributed by atoms with van der Waals surface area (Å²) in [6.45, 7) is 5.10. The first kappa shape index (κ1) is 16.1. The number of nitrogens with one attached hydrogen (secondary N) is 1. The Bertz CT molecular complexity index is 637. The molecule has 1 heterocycles. The lowest BCUT2D eigenvalue weighted by Crippen LogP contribution is -2.25. The minimum absolute atomic E-state index is 0.0268. The molecule has 1 aromatic carbocycles. The number of para-hydroxylation sites is 1. The molecule has 1 aromatic heterocycles. The van der Waals surface area contributed by atoms with Crippen LogP contribution in [-0.4, -0.2) is 22.0 Å². The summed E-state index contributed by atoms with van der Waals surface area (Å²) in [5, 5.41) is 3.25. The Morgan fingerprint density at radius 2 is 2.24 bits per heavy atom. The third-order valence-corrected chi connectivity index (χ3v) is 3.74. The first-order chi connectivity index (χ1) is 10.0. The molecule has 2 aromatic rings. The van der Waals surface area contributed by atoms with Crippen molar-refractivity contribution in [1.29, 1.82) is 0 Å². The van der Waals surface area contributed by atoms with Gasteiger partial charge >= 0.3 is 0 Å². The molecule has 21 heavy (non-hydrogen) atoms. The van der Waals surface area contributed by atoms with Crippen molar-refractivity contribution < 1.29 is 4.79 Å². The van der Waals surface area contributed by atoms with E-state index in [9.17, 15) is 4.79 Å². The standard InChI is InChI=1S/C15H19Cl2N3O/c1-3-8-18-13(21)7-9-20-14-11(17)5-4-6-12(14)19-15(20)10(2)16/h4-6,10H,3,7-9H2,1-2H3,(H,18,21). The van der Waals surface area contributed by atoms with Crippen LogP contribution in [0.2, 0.25) is 5.02 Å². The highest BCUT2D eigenvalue weighted by molar-refractivity contribution is 6.35. The van der Waals surface area contributed by atoms with Gasteiger partial charge in [-0.2, -0.15) is 0 Å². The maximum atomic E-state index is 11.8. The van der Waals surface area contributed by atoms with Gasteiger partial charge in [0.2, 0.25) is 5.91 Å². The molecule has 1 amide bonds. The third-order valence-electron chi connectivity index (χ3n) is 3.24. The van der Waals surface area contributed by atoms with Gasteiger partial charge in [0.15, 0.2) is 0 Å². The molecule has 4 nitrogen and oxygen atoms in total. The first-order valence-corrected chi connectivity index (χ1v) is 7.91. The van der Waals surface area contributed by atoms with E-state index < -0.39 is 0 Å². The predicted molar refractivity (Wildman–Crippen MR) is 86.9 cm³/mol. The number of alkyl halides is 1. The van der Waals surface area contributed by atoms with Crippen LogP contribution in [0.25, 0.3) is 11.0 Å². The molecule has 0 saturated heterocycles. The maximum Gasteiger partial charge on any atom is 0.221 e. The van der Waals surface area contributed by atoms with Crippen LogP contribution in [0, 0.1) is 0 Å². The average Bonchev–Trinajstić information content (AvgIpc) is 2.83. The van der Waals surface area contributed by atoms with Crippen molar-refractivity contribution in [1.82, 2.24) is 14.9 Å². The highest BCUT2D eigenvalue weighted by Gasteiger charge is 2.17. The molecular weight excluding hydrogens is 309 g/mol. The van der Waals surface area contributed by atoms with Gasteiger partial charge < -0.3 is 9.88 Å². The van der Waals surface area contributed by atoms with E-state index in [0.29, 0.717) is 24.5 Å². The monoisotopic (exact) mass is 327 g/mol. The van der Waals surface area contributed by atoms with Gasteiger partial charge in [-0.05, 0) is 25.5 Å². The van der Waals surface area contributed by atoms with Crippen molar-refractivity contribution >= 4 is 40.1 Å². The summed E-state index contributed by atoms with van der Waals surface area (Å²) in [4.78, 5) is 16.3. The number of rotatable bonds is 6. The molecule has 6 heteroatoms. The van der Waals surface area contributed by atoms with Gasteiger partial charge in [0, 0.05) is 19.5 Å². The molecule has 0 fully saturated rings. The van der Waals surface area contributed by atoms with E-state index in [1.54, 1.807) is 0 Å². The lowest BCUT2D eigenvalue weighted by molar-refractivity contribution is -0.121. The lowest BCUT2D eigenvalue weighted by atomic mass is 10.3. The number of hydrogen-bond donors (Lipinski definition) is 1. The molecule has 1 unspecified atom stereocenters. The van der Waals surface area contributed by atoms with E-state index in [2.05, 4.69) is 10.3 Å². The molecule has 0 saturated carbocycles. The van der Waals surface area contributed by atoms with Crippen molar-refractivity contribution in [3.05, 3.63) is 29.0 Å². The summed E-state index contributed by atoms with van der Waals surface area (Å²) in [5.41, 5.74) is 1.64. The van der Waals surface area contributed by atoms with Crippen LogP contribution in [-0.2, 0) is 11.3 Å². The van der Waals surface area contributed by atoms with E-state index in [4.69, 9.17) is 23.2 Å². The van der Waals surface area contributed by atoms with Crippen LogP contribution in [0.5, 0.6) is 0 Å². The summed E-state index contributed by atoms with van der Waals surface area (Å²) in [6.07, 6.45) is 1.31. The quantitative estimate of drug-likeness (QED) is 0.818. The van der Waals surface area contributed by atoms with Gasteiger partial charge in [-0.15, -0.1) is 11.6 Å². The molecule has 0 bridgehead atoms. The SMILES string of the molecule is CCCNC(=O)CCn1c(C(C)Cl)nc2cccc(Cl)c21. The van der Waals surface area contributed by atoms with Crippen LogP contribution in [0.1, 0.15) is 37.9 Å². The van der Waals surface area contributed by atoms with Gasteiger partial charge in [0.1, 0.15) is 5.82 Å². The number of aromatic nitrogens is 2. The minimum Gasteiger partial charge on any atom is -0.356 e. The molecule has 0 radical (unpaired) electrons. The summed E-state index contributed by atoms with van der Waals surface area (Å²) in [7, 11) is 0. The number of benzene rings is 1. The van der Waals surface area contributed by atoms with Gasteiger partial charge in [-0.1, -0.05) is 24.6 Å². The number of nitrogens with zero attached hydrogens (tertiary/aromatic N) is 2. The number of amides is 1. The molecule has 1 atom stereocenters. The number of aryl methyl sites for hydroxylation is 1. The summed E-state index contributed by atoms with van der Waals surface area (Å²) < 4.78 is 1.95. The Morgan fingerprint density at radius 1 is 1.48 bits per heavy atom. The van der Waals surface area contributed by atoms with Gasteiger partial charge in [0.25, 0.3) is 0 Å². The Balaban J connectivity index is 2.28. The van der Waals surface area contributed by atoms with Gasteiger partial charge in [-0.25, -0.2) is 4.98 Å². The summed E-state index contributed by atoms with van der Waals surface area (Å²) in [5.74, 6) is 0.766. The first-order valence-electron chi connectivity index (χ1n) is 7.10. The number of imidazole rings is 1. The second-order valence-corrected chi connectivity index (χ2v) is 6.01. The fourth-order valence-corrected chi connectivity index (χ4v) is 2.69. The van der Waals surface area contributed by atoms with Gasteiger partial charge in [0.05, 0.1) is 21.4 Å². The van der Waals surface area contributed by atoms with Gasteiger partial charge in [-0.3, -0.25) is 4.79 Å². The smallest absolute Gasteiger partial charge is 0.221 e. The van der Waals surface area contributed by atoms with Crippen LogP contribution in [0.15, 0.2) is 18.2 Å². The van der Waals surface area contributed by atoms with Crippen LogP contribution in [0.3, 0.4) is 0 Å². The zero-order chi connectivity index (χ0) is 15.4. The van der Waals surface area contributed by atoms with Crippen molar-refractivity contribution in [2.45, 2.75) is 38.6 Å². The van der Waals surface area contributed by atoms with E-state index in [1.807, 2.05) is 36.6 Å². The van der Waals surface area contributed by atoms with Crippen LogP contribution in [0.4, 0.5) is 0 Å². The Hall–Kier alpha value is -1.26. The maximum absolute atomic E-state index is 11.8. The number of halogens is 2. The second-order valence-electron chi connectivity index (χ2n) is 4.95. The van der Waals surface area contributed by atoms with E-state index >= 15 is 0 Å². The fraction of sp³-hybridized carbons (Fsp3) is 0.467. The topological polar surface area (TPSA) is 46.9 Å². The van der Waals surface area contributed by atoms with E-state index in [-0.39, 0.29) is 11.3 Å². The van der Waals surface area contributed by atoms with Crippen LogP contribution >= 0.6 is 23.2 Å². The van der Waals surface area contributed by atoms with Crippen LogP contribution < -0.4 is 5.32 Å². The van der Waals surface area contributed by atoms with Crippen molar-refractivity contribution in [2.24, 2.45) is 0 Å². The summed E-state index contributed by atoms with van der Waals surface area (Å²) in [6, 6.07) is 5.58. The Kier molecular flexibility index (Phi) is 5.48. The normalized spacial score (nSPS) is 12.6. The minimum atomic E-state index is -0.243. The van der Waals surface area contributed by atoms with E-state index in [1.165, 1.54) is 0 Å². The fourth-order valence-electron chi connectivity index (χ4n) is 2.26. The number of fused-ring (bicyclic) bond motifs is 1. The van der Waals surface area contributed by atoms with E-state index in [0.717, 1.165) is 23.3 Å². The molecule has 0 aliphatic rings. The number of carbonyl (C=O) groups excluding carboxylic acids is 1. The molecule has 0 aliphatic carbocycles. The molecule has 1 N–H and O–H groups in total. The third kappa shape index (κ3) is 3.69. The molecule has 0 aliphatic heterocycles. The average molecular weight is 328 g/mol. The number of hydrogen-bond acceptors (Lipinski definition) is 2. The lowest BCUT2D eigenvalue weighted by Gasteiger charge is -2.11. The zero-order valence-corrected chi connectivity index (χ0v) is 13.7. The molecule has 0 spiro atoms. The Labute approximate surface area is 134 Å². The summed E-state index contributed by atoms with van der Waals surface area (Å²) >= 11 is 12.5. The highest BCUT2D eigenvalue weighted by atomic mass is 35.5. The molecule has 2 rings (SSSR count). The predicted octanol–water partition coefficient (Wildman–Crippen LogP) is 3.91. The zero-order valence-electron chi connectivity index (χ0n) is 12.2. The largest absolute Gasteiger partial charge is 0.356 e. The molecular formula is C15H19Cl2N3O. The second kappa shape index (κ2) is 7.14.